The number of hydrogen-bond donors (Lipinski definition) is 0. The molecule has 0 radical (unpaired) electrons. The second kappa shape index (κ2) is 4.99. The lowest BCUT2D eigenvalue weighted by atomic mass is 9.82. The molecule has 1 aromatic heterocycles. The van der Waals surface area contributed by atoms with Crippen molar-refractivity contribution in [3.63, 3.8) is 0 Å². The van der Waals surface area contributed by atoms with Crippen LogP contribution >= 0.6 is 9.24 Å². The van der Waals surface area contributed by atoms with Gasteiger partial charge in [-0.15, -0.1) is 0 Å². The van der Waals surface area contributed by atoms with E-state index in [0.717, 1.165) is 11.1 Å². The number of sulfone groups is 1. The summed E-state index contributed by atoms with van der Waals surface area (Å²) in [4.78, 5) is 13.2. The maximum atomic E-state index is 12.9. The number of benzene rings is 1. The fraction of sp³-hybridized carbons (Fsp3) is 0.375. The topological polar surface area (TPSA) is 69.0 Å². The Morgan fingerprint density at radius 1 is 1.30 bits per heavy atom. The summed E-state index contributed by atoms with van der Waals surface area (Å²) in [6.45, 7) is 5.64. The van der Waals surface area contributed by atoms with Crippen molar-refractivity contribution >= 4 is 30.3 Å². The van der Waals surface area contributed by atoms with Gasteiger partial charge in [0.05, 0.1) is 27.8 Å². The van der Waals surface area contributed by atoms with Crippen molar-refractivity contribution in [3.8, 4) is 0 Å². The van der Waals surface area contributed by atoms with E-state index >= 15 is 0 Å². The number of carbonyl (C=O) groups is 1. The van der Waals surface area contributed by atoms with Crippen LogP contribution in [0.5, 0.6) is 0 Å². The van der Waals surface area contributed by atoms with E-state index in [2.05, 4.69) is 14.3 Å². The summed E-state index contributed by atoms with van der Waals surface area (Å²) in [5.74, 6) is -0.0567. The fourth-order valence-electron chi connectivity index (χ4n) is 3.43. The summed E-state index contributed by atoms with van der Waals surface area (Å²) in [7, 11) is 1.01. The van der Waals surface area contributed by atoms with Crippen molar-refractivity contribution in [2.45, 2.75) is 31.1 Å². The van der Waals surface area contributed by atoms with Gasteiger partial charge in [-0.3, -0.25) is 9.48 Å². The maximum Gasteiger partial charge on any atom is 0.197 e. The van der Waals surface area contributed by atoms with Crippen LogP contribution in [0.1, 0.15) is 40.9 Å². The molecule has 1 aliphatic heterocycles. The van der Waals surface area contributed by atoms with Crippen molar-refractivity contribution in [1.29, 1.82) is 0 Å². The van der Waals surface area contributed by atoms with E-state index in [4.69, 9.17) is 0 Å². The first kappa shape index (κ1) is 16.3. The summed E-state index contributed by atoms with van der Waals surface area (Å²) in [5, 5.41) is 4.10. The molecule has 0 fully saturated rings. The molecule has 0 aliphatic carbocycles. The zero-order valence-corrected chi connectivity index (χ0v) is 15.5. The third-order valence-corrected chi connectivity index (χ3v) is 7.26. The van der Waals surface area contributed by atoms with E-state index < -0.39 is 15.3 Å². The lowest BCUT2D eigenvalue weighted by Crippen LogP contribution is -2.21. The summed E-state index contributed by atoms with van der Waals surface area (Å²) < 4.78 is 26.3. The van der Waals surface area contributed by atoms with Crippen LogP contribution in [0, 0.1) is 6.92 Å². The van der Waals surface area contributed by atoms with Gasteiger partial charge in [-0.1, -0.05) is 23.1 Å². The molecule has 0 saturated carbocycles. The van der Waals surface area contributed by atoms with Gasteiger partial charge in [0.1, 0.15) is 0 Å². The van der Waals surface area contributed by atoms with E-state index in [1.54, 1.807) is 30.1 Å². The Bertz CT molecular complexity index is 942. The van der Waals surface area contributed by atoms with Gasteiger partial charge >= 0.3 is 0 Å². The Labute approximate surface area is 138 Å². The molecule has 1 unspecified atom stereocenters. The predicted molar refractivity (Wildman–Crippen MR) is 92.2 cm³/mol. The zero-order chi connectivity index (χ0) is 17.2. The fourth-order valence-corrected chi connectivity index (χ4v) is 5.96. The minimum atomic E-state index is -3.28. The minimum Gasteiger partial charge on any atom is -0.288 e. The summed E-state index contributed by atoms with van der Waals surface area (Å²) in [6.07, 6.45) is 1.54. The van der Waals surface area contributed by atoms with Crippen LogP contribution < -0.4 is 5.44 Å². The van der Waals surface area contributed by atoms with E-state index in [9.17, 15) is 13.2 Å². The number of nitrogens with zero attached hydrogens (tertiary/aromatic N) is 2. The van der Waals surface area contributed by atoms with Gasteiger partial charge in [0.2, 0.25) is 0 Å². The standard InChI is InChI=1S/C16H19N2O3PS/c1-9-10(14(19)11-7-17-18(4)15(11)22)5-6-12-13(9)16(2,3)8-23(12,20)21/h5-7H,8,22H2,1-4H3. The average Bonchev–Trinajstić information content (AvgIpc) is 2.85. The summed E-state index contributed by atoms with van der Waals surface area (Å²) in [6, 6.07) is 3.19. The van der Waals surface area contributed by atoms with Crippen LogP contribution in [-0.4, -0.2) is 29.7 Å². The van der Waals surface area contributed by atoms with Gasteiger partial charge in [0, 0.05) is 18.0 Å². The van der Waals surface area contributed by atoms with Gasteiger partial charge in [-0.2, -0.15) is 5.10 Å². The van der Waals surface area contributed by atoms with Crippen LogP contribution in [-0.2, 0) is 22.3 Å². The number of aromatic nitrogens is 2. The van der Waals surface area contributed by atoms with Gasteiger partial charge < -0.3 is 0 Å². The molecule has 0 N–H and O–H groups in total. The highest BCUT2D eigenvalue weighted by Crippen LogP contribution is 2.42. The molecule has 0 bridgehead atoms. The molecule has 122 valence electrons. The highest BCUT2D eigenvalue weighted by atomic mass is 32.2. The second-order valence-electron chi connectivity index (χ2n) is 6.65. The Balaban J connectivity index is 2.22. The Hall–Kier alpha value is -1.52. The third-order valence-electron chi connectivity index (χ3n) is 4.46. The van der Waals surface area contributed by atoms with Crippen LogP contribution in [0.4, 0.5) is 0 Å². The normalized spacial score (nSPS) is 18.0. The molecule has 1 atom stereocenters. The SMILES string of the molecule is Cc1c(C(=O)c2cnn(C)c2P)ccc2c1C(C)(C)CS2(=O)=O. The van der Waals surface area contributed by atoms with Gasteiger partial charge in [-0.25, -0.2) is 8.42 Å². The molecule has 23 heavy (non-hydrogen) atoms. The number of ketones is 1. The lowest BCUT2D eigenvalue weighted by Gasteiger charge is -2.20. The van der Waals surface area contributed by atoms with Gasteiger partial charge in [-0.05, 0) is 30.2 Å². The molecule has 0 saturated heterocycles. The quantitative estimate of drug-likeness (QED) is 0.608. The Kier molecular flexibility index (Phi) is 3.54. The minimum absolute atomic E-state index is 0.0790. The maximum absolute atomic E-state index is 12.9. The van der Waals surface area contributed by atoms with Crippen LogP contribution in [0.25, 0.3) is 0 Å². The molecule has 0 amide bonds. The predicted octanol–water partition coefficient (Wildman–Crippen LogP) is 1.52. The smallest absolute Gasteiger partial charge is 0.197 e. The summed E-state index contributed by atoms with van der Waals surface area (Å²) in [5.41, 5.74) is 2.77. The molecule has 7 heteroatoms. The molecule has 3 rings (SSSR count). The number of hydrogen-bond acceptors (Lipinski definition) is 4. The van der Waals surface area contributed by atoms with Crippen molar-refractivity contribution in [1.82, 2.24) is 9.78 Å². The monoisotopic (exact) mass is 350 g/mol. The van der Waals surface area contributed by atoms with Crippen molar-refractivity contribution in [2.75, 3.05) is 5.75 Å². The first-order valence-electron chi connectivity index (χ1n) is 7.25. The largest absolute Gasteiger partial charge is 0.288 e. The molecule has 1 aliphatic rings. The molecule has 1 aromatic carbocycles. The van der Waals surface area contributed by atoms with E-state index in [0.29, 0.717) is 21.5 Å². The Morgan fingerprint density at radius 3 is 2.52 bits per heavy atom. The lowest BCUT2D eigenvalue weighted by molar-refractivity contribution is 0.103. The number of carbonyl (C=O) groups excluding carboxylic acids is 1. The number of rotatable bonds is 2. The van der Waals surface area contributed by atoms with E-state index in [1.165, 1.54) is 0 Å². The Morgan fingerprint density at radius 2 is 1.96 bits per heavy atom. The van der Waals surface area contributed by atoms with Crippen molar-refractivity contribution < 1.29 is 13.2 Å². The first-order valence-corrected chi connectivity index (χ1v) is 9.48. The molecular formula is C16H19N2O3PS. The third kappa shape index (κ3) is 2.36. The van der Waals surface area contributed by atoms with E-state index in [1.807, 2.05) is 20.8 Å². The zero-order valence-electron chi connectivity index (χ0n) is 13.5. The van der Waals surface area contributed by atoms with Gasteiger partial charge in [0.15, 0.2) is 15.6 Å². The molecule has 0 spiro atoms. The molecule has 2 aromatic rings. The van der Waals surface area contributed by atoms with Crippen molar-refractivity contribution in [2.24, 2.45) is 7.05 Å². The van der Waals surface area contributed by atoms with E-state index in [-0.39, 0.29) is 11.5 Å². The molecule has 5 nitrogen and oxygen atoms in total. The average molecular weight is 350 g/mol. The van der Waals surface area contributed by atoms with Gasteiger partial charge in [0.25, 0.3) is 0 Å². The van der Waals surface area contributed by atoms with Crippen LogP contribution in [0.3, 0.4) is 0 Å². The first-order chi connectivity index (χ1) is 10.6. The van der Waals surface area contributed by atoms with Crippen molar-refractivity contribution in [3.05, 3.63) is 40.6 Å². The highest BCUT2D eigenvalue weighted by molar-refractivity contribution is 7.91. The number of aryl methyl sites for hydroxylation is 1. The second-order valence-corrected chi connectivity index (χ2v) is 9.16. The van der Waals surface area contributed by atoms with Crippen LogP contribution in [0.15, 0.2) is 23.2 Å². The molecular weight excluding hydrogens is 331 g/mol. The molecule has 2 heterocycles. The number of fused-ring (bicyclic) bond motifs is 1. The summed E-state index contributed by atoms with van der Waals surface area (Å²) >= 11 is 0. The van der Waals surface area contributed by atoms with Crippen LogP contribution in [0.2, 0.25) is 0 Å². The highest BCUT2D eigenvalue weighted by Gasteiger charge is 2.42.